The largest absolute Gasteiger partial charge is 0.453 e. The molecule has 0 amide bonds. The van der Waals surface area contributed by atoms with Crippen LogP contribution in [-0.4, -0.2) is 20.1 Å². The van der Waals surface area contributed by atoms with E-state index in [1.807, 2.05) is 92.4 Å². The fourth-order valence-corrected chi connectivity index (χ4v) is 17.7. The highest BCUT2D eigenvalue weighted by atomic mass is 19.2. The summed E-state index contributed by atoms with van der Waals surface area (Å²) in [5.41, 5.74) is 17.9. The molecule has 516 valence electrons. The highest BCUT2D eigenvalue weighted by Gasteiger charge is 2.56. The lowest BCUT2D eigenvalue weighted by Gasteiger charge is -2.53. The molecule has 0 unspecified atom stereocenters. The molecular formula is C88H68B3F8N5O. The van der Waals surface area contributed by atoms with Gasteiger partial charge in [0.2, 0.25) is 0 Å². The predicted octanol–water partition coefficient (Wildman–Crippen LogP) is 18.5. The van der Waals surface area contributed by atoms with Crippen LogP contribution in [0.2, 0.25) is 0 Å². The number of benzene rings is 12. The molecule has 0 aromatic heterocycles. The monoisotopic (exact) mass is 1400 g/mol. The molecular weight excluding hydrogens is 1330 g/mol. The van der Waals surface area contributed by atoms with Gasteiger partial charge in [-0.3, -0.25) is 0 Å². The summed E-state index contributed by atoms with van der Waals surface area (Å²) in [5.74, 6) is -5.44. The molecule has 0 radical (unpaired) electrons. The first-order chi connectivity index (χ1) is 49.8. The first kappa shape index (κ1) is 64.9. The summed E-state index contributed by atoms with van der Waals surface area (Å²) in [6, 6.07) is 54.9. The average molecular weight is 1400 g/mol. The van der Waals surface area contributed by atoms with Gasteiger partial charge < -0.3 is 29.2 Å². The van der Waals surface area contributed by atoms with Crippen LogP contribution in [0, 0.1) is 46.5 Å². The Kier molecular flexibility index (Phi) is 13.5. The predicted molar refractivity (Wildman–Crippen MR) is 414 cm³/mol. The Morgan fingerprint density at radius 1 is 0.248 bits per heavy atom. The van der Waals surface area contributed by atoms with E-state index in [0.29, 0.717) is 78.9 Å². The number of hydrogen-bond donors (Lipinski definition) is 0. The van der Waals surface area contributed by atoms with Crippen LogP contribution in [-0.2, 0) is 21.7 Å². The molecule has 0 bridgehead atoms. The zero-order valence-corrected chi connectivity index (χ0v) is 59.9. The van der Waals surface area contributed by atoms with Crippen molar-refractivity contribution in [2.45, 2.75) is 105 Å². The number of anilines is 15. The van der Waals surface area contributed by atoms with Crippen LogP contribution in [0.3, 0.4) is 0 Å². The van der Waals surface area contributed by atoms with Crippen LogP contribution in [0.15, 0.2) is 194 Å². The number of rotatable bonds is 5. The molecule has 12 aromatic carbocycles. The van der Waals surface area contributed by atoms with E-state index in [9.17, 15) is 0 Å². The fourth-order valence-electron chi connectivity index (χ4n) is 17.7. The maximum Gasteiger partial charge on any atom is 0.252 e. The fraction of sp³-hybridized carbons (Fsp3) is 0.182. The van der Waals surface area contributed by atoms with Gasteiger partial charge in [0.05, 0.1) is 34.1 Å². The van der Waals surface area contributed by atoms with Crippen molar-refractivity contribution in [2.24, 2.45) is 0 Å². The Hall–Kier alpha value is -10.9. The number of fused-ring (bicyclic) bond motifs is 10. The lowest BCUT2D eigenvalue weighted by atomic mass is 9.27. The molecule has 0 saturated carbocycles. The molecule has 6 nitrogen and oxygen atoms in total. The van der Waals surface area contributed by atoms with Crippen molar-refractivity contribution in [2.75, 3.05) is 24.5 Å². The molecule has 0 fully saturated rings. The summed E-state index contributed by atoms with van der Waals surface area (Å²) in [6.07, 6.45) is 0. The van der Waals surface area contributed by atoms with Crippen molar-refractivity contribution >= 4 is 155 Å². The van der Waals surface area contributed by atoms with E-state index < -0.39 is 82.9 Å². The minimum atomic E-state index is -0.866. The van der Waals surface area contributed by atoms with Gasteiger partial charge in [-0.2, -0.15) is 0 Å². The number of hydrogen-bond acceptors (Lipinski definition) is 6. The van der Waals surface area contributed by atoms with Crippen LogP contribution in [0.4, 0.5) is 120 Å². The lowest BCUT2D eigenvalue weighted by Crippen LogP contribution is -2.70. The number of ether oxygens (including phenoxy) is 1. The second-order valence-electron chi connectivity index (χ2n) is 33.3. The van der Waals surface area contributed by atoms with E-state index in [4.69, 9.17) is 4.74 Å². The number of halogens is 8. The second-order valence-corrected chi connectivity index (χ2v) is 33.3. The van der Waals surface area contributed by atoms with Crippen LogP contribution in [0.1, 0.15) is 105 Å². The van der Waals surface area contributed by atoms with Crippen molar-refractivity contribution < 1.29 is 39.9 Å². The van der Waals surface area contributed by atoms with Gasteiger partial charge in [0.1, 0.15) is 46.5 Å². The molecule has 0 spiro atoms. The molecule has 0 saturated heterocycles. The molecule has 12 aromatic rings. The maximum absolute atomic E-state index is 17.0. The molecule has 7 heterocycles. The van der Waals surface area contributed by atoms with Gasteiger partial charge >= 0.3 is 0 Å². The Morgan fingerprint density at radius 3 is 0.924 bits per heavy atom. The van der Waals surface area contributed by atoms with Gasteiger partial charge in [0.15, 0.2) is 11.5 Å². The zero-order chi connectivity index (χ0) is 73.0. The van der Waals surface area contributed by atoms with Gasteiger partial charge in [0, 0.05) is 75.5 Å². The molecule has 0 N–H and O–H groups in total. The first-order valence-corrected chi connectivity index (χ1v) is 35.6. The summed E-state index contributed by atoms with van der Waals surface area (Å²) < 4.78 is 140. The SMILES string of the molecule is CC(C)(C)c1ccc2c(c1)B1c3cc4c(cc3N(c3cc(F)cc(F)c3)c3cc(-c5ccccc5)cc(c31)N2c1cc(F)cc(F)c1)N(c1cc(F)cc(F)c1)c1cc2c3c5c1B4c1cc(C(C)(C)C)cc4c1N5c1c(cc(C(C)(C)C)cc1B3c1cc(C(C)(C)C)ccc1N2c1cc(F)cc(F)c1)O4. The molecule has 7 aliphatic heterocycles. The minimum absolute atomic E-state index is 0.0917. The quantitative estimate of drug-likeness (QED) is 0.126. The summed E-state index contributed by atoms with van der Waals surface area (Å²) in [5, 5.41) is 0. The third-order valence-corrected chi connectivity index (χ3v) is 22.5. The van der Waals surface area contributed by atoms with E-state index in [1.165, 1.54) is 48.5 Å². The van der Waals surface area contributed by atoms with E-state index in [1.54, 1.807) is 0 Å². The summed E-state index contributed by atoms with van der Waals surface area (Å²) in [6.45, 7) is 23.8. The molecule has 19 rings (SSSR count). The molecule has 7 aliphatic rings. The van der Waals surface area contributed by atoms with E-state index >= 15 is 35.1 Å². The Labute approximate surface area is 606 Å². The van der Waals surface area contributed by atoms with Crippen molar-refractivity contribution in [1.29, 1.82) is 0 Å². The van der Waals surface area contributed by atoms with Crippen molar-refractivity contribution in [3.63, 3.8) is 0 Å². The van der Waals surface area contributed by atoms with E-state index in [-0.39, 0.29) is 28.2 Å². The number of nitrogens with zero attached hydrogens (tertiary/aromatic N) is 5. The smallest absolute Gasteiger partial charge is 0.252 e. The zero-order valence-electron chi connectivity index (χ0n) is 59.9. The highest BCUT2D eigenvalue weighted by molar-refractivity contribution is 7.06. The summed E-state index contributed by atoms with van der Waals surface area (Å²) in [7, 11) is 0. The molecule has 105 heavy (non-hydrogen) atoms. The first-order valence-electron chi connectivity index (χ1n) is 35.6. The normalized spacial score (nSPS) is 14.6. The maximum atomic E-state index is 17.0. The van der Waals surface area contributed by atoms with Gasteiger partial charge in [-0.05, 0) is 201 Å². The van der Waals surface area contributed by atoms with Crippen LogP contribution in [0.25, 0.3) is 11.1 Å². The Morgan fingerprint density at radius 2 is 0.562 bits per heavy atom. The van der Waals surface area contributed by atoms with Crippen LogP contribution >= 0.6 is 0 Å². The summed E-state index contributed by atoms with van der Waals surface area (Å²) >= 11 is 0. The summed E-state index contributed by atoms with van der Waals surface area (Å²) in [4.78, 5) is 9.83. The topological polar surface area (TPSA) is 25.4 Å². The van der Waals surface area contributed by atoms with Crippen molar-refractivity contribution in [3.05, 3.63) is 263 Å². The van der Waals surface area contributed by atoms with E-state index in [0.717, 1.165) is 102 Å². The minimum Gasteiger partial charge on any atom is -0.453 e. The average Bonchev–Trinajstić information content (AvgIpc) is 0.656. The van der Waals surface area contributed by atoms with Gasteiger partial charge in [0.25, 0.3) is 20.1 Å². The third kappa shape index (κ3) is 9.63. The Balaban J connectivity index is 1.01. The van der Waals surface area contributed by atoms with Crippen LogP contribution < -0.4 is 78.4 Å². The van der Waals surface area contributed by atoms with Crippen LogP contribution in [0.5, 0.6) is 11.5 Å². The lowest BCUT2D eigenvalue weighted by molar-refractivity contribution is 0.470. The van der Waals surface area contributed by atoms with Gasteiger partial charge in [-0.25, -0.2) is 35.1 Å². The standard InChI is InChI=1S/C88H68B3F8N5O/c1-85(2,3)47-18-20-69-63(24-47)89-65-42-66-72(43-71(65)102(61-38-55(96)32-56(97)39-61)74-23-46(45-16-14-13-15-17-45)22-73(79(74)89)100(69)59-34-51(92)30-52(93)35-59)103(62-40-57(98)33-58(99)41-62)76-44-75-80-84-81(76)91(66)68-27-50(88(10,11)12)29-78-83(68)104(84)82-67(26-49(87(7,8)9)28-77(82)105-78)90(80)64-25-48(86(4,5)6)19-21-70(64)101(75)60-36-53(94)31-54(95)37-60/h13-44H,1-12H3. The third-order valence-electron chi connectivity index (χ3n) is 22.5. The van der Waals surface area contributed by atoms with Gasteiger partial charge in [-0.15, -0.1) is 0 Å². The Bertz CT molecular complexity index is 5820. The molecule has 0 aliphatic carbocycles. The van der Waals surface area contributed by atoms with Crippen molar-refractivity contribution in [3.8, 4) is 22.6 Å². The molecule has 17 heteroatoms. The second kappa shape index (κ2) is 21.8. The highest BCUT2D eigenvalue weighted by Crippen LogP contribution is 2.59. The van der Waals surface area contributed by atoms with Gasteiger partial charge in [-0.1, -0.05) is 156 Å². The van der Waals surface area contributed by atoms with E-state index in [2.05, 4.69) is 137 Å². The molecule has 0 atom stereocenters. The van der Waals surface area contributed by atoms with Crippen molar-refractivity contribution in [1.82, 2.24) is 0 Å².